The summed E-state index contributed by atoms with van der Waals surface area (Å²) in [4.78, 5) is 19.7. The number of carbonyl (C=O) groups excluding carboxylic acids is 1. The van der Waals surface area contributed by atoms with E-state index in [1.165, 1.54) is 18.2 Å². The van der Waals surface area contributed by atoms with Gasteiger partial charge in [-0.25, -0.2) is 0 Å². The Morgan fingerprint density at radius 2 is 2.31 bits per heavy atom. The zero-order valence-electron chi connectivity index (χ0n) is 6.27. The van der Waals surface area contributed by atoms with Crippen LogP contribution in [-0.2, 0) is 4.79 Å². The lowest BCUT2D eigenvalue weighted by molar-refractivity contribution is -0.402. The van der Waals surface area contributed by atoms with E-state index in [0.29, 0.717) is 0 Å². The molecule has 1 rings (SSSR count). The average molecular weight is 202 g/mol. The van der Waals surface area contributed by atoms with E-state index >= 15 is 0 Å². The van der Waals surface area contributed by atoms with Crippen LogP contribution in [-0.4, -0.2) is 10.2 Å². The number of nitrogens with zero attached hydrogens (tertiary/aromatic N) is 1. The maximum atomic E-state index is 10.3. The second kappa shape index (κ2) is 3.86. The van der Waals surface area contributed by atoms with Gasteiger partial charge in [-0.3, -0.25) is 14.9 Å². The second-order valence-corrected chi connectivity index (χ2v) is 2.44. The van der Waals surface area contributed by atoms with Crippen LogP contribution in [0.25, 0.3) is 6.08 Å². The molecule has 68 valence electrons. The van der Waals surface area contributed by atoms with Crippen molar-refractivity contribution in [3.05, 3.63) is 34.1 Å². The molecule has 0 atom stereocenters. The van der Waals surface area contributed by atoms with Crippen LogP contribution in [0, 0.1) is 10.1 Å². The molecule has 1 aromatic rings. The van der Waals surface area contributed by atoms with Gasteiger partial charge in [0.05, 0.1) is 6.07 Å². The lowest BCUT2D eigenvalue weighted by atomic mass is 10.4. The summed E-state index contributed by atoms with van der Waals surface area (Å²) in [5.74, 6) is -0.164. The third-order valence-corrected chi connectivity index (χ3v) is 1.30. The van der Waals surface area contributed by atoms with Gasteiger partial charge in [-0.15, -0.1) is 0 Å². The van der Waals surface area contributed by atoms with Crippen molar-refractivity contribution in [2.45, 2.75) is 0 Å². The van der Waals surface area contributed by atoms with Crippen molar-refractivity contribution in [2.24, 2.45) is 0 Å². The molecule has 0 bridgehead atoms. The SMILES string of the molecule is O=C(Cl)/C=C/c1ccc([N+](=O)[O-])o1. The fourth-order valence-corrected chi connectivity index (χ4v) is 0.741. The van der Waals surface area contributed by atoms with Crippen molar-refractivity contribution >= 4 is 28.8 Å². The number of nitro groups is 1. The van der Waals surface area contributed by atoms with E-state index in [2.05, 4.69) is 0 Å². The first-order valence-electron chi connectivity index (χ1n) is 3.21. The van der Waals surface area contributed by atoms with Gasteiger partial charge in [0.1, 0.15) is 10.7 Å². The summed E-state index contributed by atoms with van der Waals surface area (Å²) < 4.78 is 4.70. The van der Waals surface area contributed by atoms with Crippen LogP contribution in [0.4, 0.5) is 5.88 Å². The van der Waals surface area contributed by atoms with Gasteiger partial charge in [0, 0.05) is 6.08 Å². The van der Waals surface area contributed by atoms with Crippen molar-refractivity contribution in [2.75, 3.05) is 0 Å². The Kier molecular flexibility index (Phi) is 2.81. The lowest BCUT2D eigenvalue weighted by Gasteiger charge is -1.82. The van der Waals surface area contributed by atoms with E-state index in [1.807, 2.05) is 0 Å². The number of allylic oxidation sites excluding steroid dienone is 1. The molecule has 13 heavy (non-hydrogen) atoms. The van der Waals surface area contributed by atoms with Gasteiger partial charge >= 0.3 is 5.88 Å². The zero-order valence-corrected chi connectivity index (χ0v) is 7.02. The third-order valence-electron chi connectivity index (χ3n) is 1.17. The zero-order chi connectivity index (χ0) is 9.84. The Balaban J connectivity index is 2.80. The van der Waals surface area contributed by atoms with E-state index in [0.717, 1.165) is 6.08 Å². The molecule has 6 heteroatoms. The Morgan fingerprint density at radius 1 is 1.62 bits per heavy atom. The molecular formula is C7H4ClNO4. The smallest absolute Gasteiger partial charge is 0.401 e. The summed E-state index contributed by atoms with van der Waals surface area (Å²) in [5, 5.41) is 9.48. The second-order valence-electron chi connectivity index (χ2n) is 2.07. The van der Waals surface area contributed by atoms with Crippen molar-refractivity contribution in [1.82, 2.24) is 0 Å². The van der Waals surface area contributed by atoms with Gasteiger partial charge in [0.15, 0.2) is 0 Å². The summed E-state index contributed by atoms with van der Waals surface area (Å²) in [6, 6.07) is 2.56. The summed E-state index contributed by atoms with van der Waals surface area (Å²) in [6.45, 7) is 0. The lowest BCUT2D eigenvalue weighted by Crippen LogP contribution is -1.82. The minimum Gasteiger partial charge on any atom is -0.401 e. The topological polar surface area (TPSA) is 73.3 Å². The van der Waals surface area contributed by atoms with E-state index in [-0.39, 0.29) is 11.6 Å². The van der Waals surface area contributed by atoms with Gasteiger partial charge in [-0.05, 0) is 23.7 Å². The Hall–Kier alpha value is -1.62. The summed E-state index contributed by atoms with van der Waals surface area (Å²) >= 11 is 5.00. The molecule has 0 aliphatic carbocycles. The predicted molar refractivity (Wildman–Crippen MR) is 45.3 cm³/mol. The van der Waals surface area contributed by atoms with E-state index < -0.39 is 10.2 Å². The van der Waals surface area contributed by atoms with Crippen molar-refractivity contribution < 1.29 is 14.1 Å². The van der Waals surface area contributed by atoms with Crippen LogP contribution in [0.1, 0.15) is 5.76 Å². The highest BCUT2D eigenvalue weighted by Crippen LogP contribution is 2.16. The molecule has 0 aromatic carbocycles. The van der Waals surface area contributed by atoms with Gasteiger partial charge in [0.25, 0.3) is 0 Å². The van der Waals surface area contributed by atoms with Crippen molar-refractivity contribution in [3.63, 3.8) is 0 Å². The van der Waals surface area contributed by atoms with Crippen LogP contribution in [0.3, 0.4) is 0 Å². The largest absolute Gasteiger partial charge is 0.433 e. The summed E-state index contributed by atoms with van der Waals surface area (Å²) in [5.41, 5.74) is 0. The predicted octanol–water partition coefficient (Wildman–Crippen LogP) is 1.97. The fourth-order valence-electron chi connectivity index (χ4n) is 0.678. The minimum absolute atomic E-state index is 0.209. The number of rotatable bonds is 3. The molecule has 0 saturated heterocycles. The first-order chi connectivity index (χ1) is 6.09. The Morgan fingerprint density at radius 3 is 2.77 bits per heavy atom. The first kappa shape index (κ1) is 9.47. The number of halogens is 1. The molecule has 0 saturated carbocycles. The molecule has 0 amide bonds. The first-order valence-corrected chi connectivity index (χ1v) is 3.59. The fraction of sp³-hybridized carbons (Fsp3) is 0. The van der Waals surface area contributed by atoms with E-state index in [1.54, 1.807) is 0 Å². The standard InChI is InChI=1S/C7H4ClNO4/c8-6(10)3-1-5-2-4-7(13-5)9(11)12/h1-4H/b3-1+. The number of hydrogen-bond acceptors (Lipinski definition) is 4. The number of hydrogen-bond donors (Lipinski definition) is 0. The number of carbonyl (C=O) groups is 1. The Labute approximate surface area is 77.7 Å². The quantitative estimate of drug-likeness (QED) is 0.324. The molecule has 0 aliphatic rings. The van der Waals surface area contributed by atoms with Gasteiger partial charge in [0.2, 0.25) is 5.24 Å². The third kappa shape index (κ3) is 2.72. The summed E-state index contributed by atoms with van der Waals surface area (Å²) in [6.07, 6.45) is 2.30. The molecule has 1 heterocycles. The van der Waals surface area contributed by atoms with Crippen LogP contribution >= 0.6 is 11.6 Å². The number of furan rings is 1. The highest BCUT2D eigenvalue weighted by Gasteiger charge is 2.09. The Bertz CT molecular complexity index is 368. The van der Waals surface area contributed by atoms with E-state index in [4.69, 9.17) is 16.0 Å². The highest BCUT2D eigenvalue weighted by molar-refractivity contribution is 6.66. The van der Waals surface area contributed by atoms with Crippen LogP contribution < -0.4 is 0 Å². The van der Waals surface area contributed by atoms with E-state index in [9.17, 15) is 14.9 Å². The monoisotopic (exact) mass is 201 g/mol. The molecule has 0 radical (unpaired) electrons. The molecule has 0 aliphatic heterocycles. The molecule has 1 aromatic heterocycles. The van der Waals surface area contributed by atoms with Crippen molar-refractivity contribution in [1.29, 1.82) is 0 Å². The molecule has 0 unspecified atom stereocenters. The normalized spacial score (nSPS) is 10.5. The highest BCUT2D eigenvalue weighted by atomic mass is 35.5. The van der Waals surface area contributed by atoms with Crippen LogP contribution in [0.5, 0.6) is 0 Å². The molecule has 0 fully saturated rings. The average Bonchev–Trinajstić information content (AvgIpc) is 2.48. The maximum absolute atomic E-state index is 10.3. The van der Waals surface area contributed by atoms with Crippen molar-refractivity contribution in [3.8, 4) is 0 Å². The van der Waals surface area contributed by atoms with Crippen LogP contribution in [0.15, 0.2) is 22.6 Å². The summed E-state index contributed by atoms with van der Waals surface area (Å²) in [7, 11) is 0. The molecule has 0 spiro atoms. The molecule has 0 N–H and O–H groups in total. The minimum atomic E-state index is -0.668. The molecular weight excluding hydrogens is 198 g/mol. The van der Waals surface area contributed by atoms with Crippen LogP contribution in [0.2, 0.25) is 0 Å². The van der Waals surface area contributed by atoms with Gasteiger partial charge in [-0.2, -0.15) is 0 Å². The maximum Gasteiger partial charge on any atom is 0.433 e. The molecule has 5 nitrogen and oxygen atoms in total. The van der Waals surface area contributed by atoms with Gasteiger partial charge in [-0.1, -0.05) is 0 Å². The van der Waals surface area contributed by atoms with Gasteiger partial charge < -0.3 is 4.42 Å².